The van der Waals surface area contributed by atoms with Gasteiger partial charge in [0.2, 0.25) is 0 Å². The summed E-state index contributed by atoms with van der Waals surface area (Å²) in [5.74, 6) is 2.09. The molecule has 0 unspecified atom stereocenters. The van der Waals surface area contributed by atoms with Crippen LogP contribution in [0.1, 0.15) is 21.9 Å². The van der Waals surface area contributed by atoms with E-state index in [0.717, 1.165) is 22.3 Å². The Labute approximate surface area is 178 Å². The highest BCUT2D eigenvalue weighted by molar-refractivity contribution is 7.98. The Morgan fingerprint density at radius 3 is 2.57 bits per heavy atom. The van der Waals surface area contributed by atoms with Crippen molar-refractivity contribution in [2.45, 2.75) is 17.5 Å². The van der Waals surface area contributed by atoms with Gasteiger partial charge < -0.3 is 14.5 Å². The maximum atomic E-state index is 12.2. The van der Waals surface area contributed by atoms with E-state index in [1.54, 1.807) is 31.0 Å². The minimum absolute atomic E-state index is 0.213. The van der Waals surface area contributed by atoms with Crippen LogP contribution in [-0.2, 0) is 12.3 Å². The number of ether oxygens (including phenoxy) is 1. The van der Waals surface area contributed by atoms with Gasteiger partial charge in [0.25, 0.3) is 5.91 Å². The summed E-state index contributed by atoms with van der Waals surface area (Å²) in [5, 5.41) is 12.3. The van der Waals surface area contributed by atoms with E-state index in [1.165, 1.54) is 11.8 Å². The van der Waals surface area contributed by atoms with Crippen molar-refractivity contribution in [3.63, 3.8) is 0 Å². The third-order valence-electron chi connectivity index (χ3n) is 4.39. The molecule has 0 aliphatic rings. The van der Waals surface area contributed by atoms with E-state index >= 15 is 0 Å². The number of carbonyl (C=O) groups excluding carboxylic acids is 1. The first-order chi connectivity index (χ1) is 14.7. The topological polar surface area (TPSA) is 82.2 Å². The fourth-order valence-electron chi connectivity index (χ4n) is 2.88. The van der Waals surface area contributed by atoms with Crippen LogP contribution >= 0.6 is 11.8 Å². The average Bonchev–Trinajstić information content (AvgIpc) is 3.47. The summed E-state index contributed by atoms with van der Waals surface area (Å²) in [5.41, 5.74) is 2.08. The van der Waals surface area contributed by atoms with E-state index in [1.807, 2.05) is 47.0 Å². The average molecular weight is 420 g/mol. The normalized spacial score (nSPS) is 10.7. The lowest BCUT2D eigenvalue weighted by Crippen LogP contribution is -2.24. The predicted molar refractivity (Wildman–Crippen MR) is 114 cm³/mol. The molecule has 0 fully saturated rings. The van der Waals surface area contributed by atoms with Gasteiger partial charge in [-0.3, -0.25) is 9.36 Å². The van der Waals surface area contributed by atoms with Crippen LogP contribution in [0.5, 0.6) is 5.75 Å². The number of carbonyl (C=O) groups is 1. The van der Waals surface area contributed by atoms with Gasteiger partial charge in [-0.2, -0.15) is 0 Å². The molecule has 0 aliphatic heterocycles. The minimum Gasteiger partial charge on any atom is -0.497 e. The van der Waals surface area contributed by atoms with Crippen molar-refractivity contribution >= 4 is 17.7 Å². The maximum absolute atomic E-state index is 12.2. The molecule has 2 heterocycles. The van der Waals surface area contributed by atoms with E-state index in [-0.39, 0.29) is 18.2 Å². The zero-order valence-electron chi connectivity index (χ0n) is 16.3. The molecule has 8 heteroatoms. The Balaban J connectivity index is 1.58. The Bertz CT molecular complexity index is 1090. The number of furan rings is 1. The summed E-state index contributed by atoms with van der Waals surface area (Å²) in [6.07, 6.45) is 1.47. The number of hydrogen-bond donors (Lipinski definition) is 1. The molecular formula is C22H20N4O3S. The number of methoxy groups -OCH3 is 1. The van der Waals surface area contributed by atoms with Crippen molar-refractivity contribution in [2.24, 2.45) is 0 Å². The number of hydrogen-bond acceptors (Lipinski definition) is 6. The van der Waals surface area contributed by atoms with E-state index < -0.39 is 0 Å². The summed E-state index contributed by atoms with van der Waals surface area (Å²) in [7, 11) is 1.63. The highest BCUT2D eigenvalue weighted by atomic mass is 32.2. The summed E-state index contributed by atoms with van der Waals surface area (Å²) >= 11 is 1.58. The van der Waals surface area contributed by atoms with E-state index in [4.69, 9.17) is 9.15 Å². The van der Waals surface area contributed by atoms with Gasteiger partial charge in [0.15, 0.2) is 16.7 Å². The number of aromatic nitrogens is 3. The highest BCUT2D eigenvalue weighted by Crippen LogP contribution is 2.26. The van der Waals surface area contributed by atoms with Crippen molar-refractivity contribution < 1.29 is 13.9 Å². The number of amides is 1. The molecule has 0 bridgehead atoms. The number of rotatable bonds is 8. The lowest BCUT2D eigenvalue weighted by atomic mass is 10.2. The smallest absolute Gasteiger partial charge is 0.287 e. The summed E-state index contributed by atoms with van der Waals surface area (Å²) in [6.45, 7) is 0.213. The second-order valence-corrected chi connectivity index (χ2v) is 7.31. The zero-order chi connectivity index (χ0) is 20.8. The Kier molecular flexibility index (Phi) is 6.14. The summed E-state index contributed by atoms with van der Waals surface area (Å²) < 4.78 is 12.3. The highest BCUT2D eigenvalue weighted by Gasteiger charge is 2.17. The Morgan fingerprint density at radius 2 is 1.87 bits per heavy atom. The van der Waals surface area contributed by atoms with Gasteiger partial charge in [-0.1, -0.05) is 42.1 Å². The lowest BCUT2D eigenvalue weighted by Gasteiger charge is -2.11. The third-order valence-corrected chi connectivity index (χ3v) is 5.39. The molecular weight excluding hydrogens is 400 g/mol. The third kappa shape index (κ3) is 4.55. The summed E-state index contributed by atoms with van der Waals surface area (Å²) in [4.78, 5) is 12.2. The molecule has 1 amide bonds. The Morgan fingerprint density at radius 1 is 1.07 bits per heavy atom. The van der Waals surface area contributed by atoms with Crippen molar-refractivity contribution in [3.8, 4) is 11.4 Å². The van der Waals surface area contributed by atoms with Crippen LogP contribution in [0.3, 0.4) is 0 Å². The standard InChI is InChI=1S/C22H20N4O3S/c1-28-18-11-9-17(10-12-18)26-20(14-23-21(27)19-8-5-13-29-19)24-25-22(26)30-15-16-6-3-2-4-7-16/h2-13H,14-15H2,1H3,(H,23,27). The maximum Gasteiger partial charge on any atom is 0.287 e. The molecule has 4 rings (SSSR count). The van der Waals surface area contributed by atoms with Crippen molar-refractivity contribution in [3.05, 3.63) is 90.1 Å². The van der Waals surface area contributed by atoms with Gasteiger partial charge in [0.05, 0.1) is 19.9 Å². The van der Waals surface area contributed by atoms with Crippen molar-refractivity contribution in [1.82, 2.24) is 20.1 Å². The van der Waals surface area contributed by atoms with Crippen molar-refractivity contribution in [2.75, 3.05) is 7.11 Å². The van der Waals surface area contributed by atoms with E-state index in [0.29, 0.717) is 5.82 Å². The molecule has 2 aromatic carbocycles. The van der Waals surface area contributed by atoms with Gasteiger partial charge in [-0.25, -0.2) is 0 Å². The van der Waals surface area contributed by atoms with Crippen molar-refractivity contribution in [1.29, 1.82) is 0 Å². The lowest BCUT2D eigenvalue weighted by molar-refractivity contribution is 0.0922. The van der Waals surface area contributed by atoms with Gasteiger partial charge in [-0.15, -0.1) is 10.2 Å². The van der Waals surface area contributed by atoms with Gasteiger partial charge in [0, 0.05) is 11.4 Å². The second-order valence-electron chi connectivity index (χ2n) is 6.37. The fraction of sp³-hybridized carbons (Fsp3) is 0.136. The predicted octanol–water partition coefficient (Wildman–Crippen LogP) is 4.09. The molecule has 0 radical (unpaired) electrons. The minimum atomic E-state index is -0.303. The SMILES string of the molecule is COc1ccc(-n2c(CNC(=O)c3ccco3)nnc2SCc2ccccc2)cc1. The Hall–Kier alpha value is -3.52. The number of nitrogens with one attached hydrogen (secondary N) is 1. The van der Waals surface area contributed by atoms with Crippen LogP contribution in [0, 0.1) is 0 Å². The van der Waals surface area contributed by atoms with Crippen LogP contribution in [0.15, 0.2) is 82.6 Å². The monoisotopic (exact) mass is 420 g/mol. The number of benzene rings is 2. The van der Waals surface area contributed by atoms with Gasteiger partial charge in [0.1, 0.15) is 5.75 Å². The molecule has 152 valence electrons. The fourth-order valence-corrected chi connectivity index (χ4v) is 3.80. The van der Waals surface area contributed by atoms with Crippen LogP contribution in [0.4, 0.5) is 0 Å². The van der Waals surface area contributed by atoms with Crippen LogP contribution in [0.25, 0.3) is 5.69 Å². The molecule has 0 aliphatic carbocycles. The van der Waals surface area contributed by atoms with Gasteiger partial charge in [-0.05, 0) is 42.0 Å². The van der Waals surface area contributed by atoms with Crippen LogP contribution in [-0.4, -0.2) is 27.8 Å². The zero-order valence-corrected chi connectivity index (χ0v) is 17.1. The number of nitrogens with zero attached hydrogens (tertiary/aromatic N) is 3. The molecule has 0 saturated carbocycles. The molecule has 0 saturated heterocycles. The molecule has 7 nitrogen and oxygen atoms in total. The first-order valence-electron chi connectivity index (χ1n) is 9.32. The molecule has 2 aromatic heterocycles. The first-order valence-corrected chi connectivity index (χ1v) is 10.3. The quantitative estimate of drug-likeness (QED) is 0.432. The molecule has 30 heavy (non-hydrogen) atoms. The summed E-state index contributed by atoms with van der Waals surface area (Å²) in [6, 6.07) is 21.1. The second kappa shape index (κ2) is 9.32. The largest absolute Gasteiger partial charge is 0.497 e. The first kappa shape index (κ1) is 19.8. The molecule has 4 aromatic rings. The van der Waals surface area contributed by atoms with Crippen LogP contribution in [0.2, 0.25) is 0 Å². The van der Waals surface area contributed by atoms with E-state index in [2.05, 4.69) is 27.6 Å². The molecule has 0 spiro atoms. The van der Waals surface area contributed by atoms with E-state index in [9.17, 15) is 4.79 Å². The number of thioether (sulfide) groups is 1. The van der Waals surface area contributed by atoms with Crippen LogP contribution < -0.4 is 10.1 Å². The molecule has 1 N–H and O–H groups in total. The molecule has 0 atom stereocenters. The van der Waals surface area contributed by atoms with Gasteiger partial charge >= 0.3 is 0 Å².